The van der Waals surface area contributed by atoms with Crippen LogP contribution in [0, 0.1) is 0 Å². The molecular formula is C12H18N4O2. The molecule has 1 aromatic rings. The highest BCUT2D eigenvalue weighted by Crippen LogP contribution is 2.17. The number of nitrogens with zero attached hydrogens (tertiary/aromatic N) is 2. The number of ether oxygens (including phenoxy) is 1. The Morgan fingerprint density at radius 1 is 1.50 bits per heavy atom. The van der Waals surface area contributed by atoms with E-state index in [9.17, 15) is 4.79 Å². The number of nitrogens with one attached hydrogen (secondary N) is 2. The molecule has 18 heavy (non-hydrogen) atoms. The van der Waals surface area contributed by atoms with Crippen LogP contribution in [0.2, 0.25) is 0 Å². The van der Waals surface area contributed by atoms with Crippen LogP contribution in [0.3, 0.4) is 0 Å². The quantitative estimate of drug-likeness (QED) is 0.827. The monoisotopic (exact) mass is 250 g/mol. The van der Waals surface area contributed by atoms with Gasteiger partial charge in [0, 0.05) is 13.2 Å². The van der Waals surface area contributed by atoms with Gasteiger partial charge in [-0.1, -0.05) is 0 Å². The van der Waals surface area contributed by atoms with Gasteiger partial charge < -0.3 is 15.4 Å². The number of rotatable bonds is 4. The van der Waals surface area contributed by atoms with Crippen molar-refractivity contribution in [2.45, 2.75) is 25.8 Å². The minimum Gasteiger partial charge on any atom is -0.379 e. The molecule has 2 N–H and O–H groups in total. The Morgan fingerprint density at radius 2 is 2.33 bits per heavy atom. The minimum atomic E-state index is -0.293. The number of anilines is 1. The Labute approximate surface area is 106 Å². The normalized spacial score (nSPS) is 22.8. The zero-order valence-corrected chi connectivity index (χ0v) is 10.7. The third-order valence-corrected chi connectivity index (χ3v) is 2.88. The number of hydrogen-bond acceptors (Lipinski definition) is 5. The second kappa shape index (κ2) is 5.30. The van der Waals surface area contributed by atoms with Crippen molar-refractivity contribution in [2.24, 2.45) is 0 Å². The molecule has 1 aliphatic heterocycles. The van der Waals surface area contributed by atoms with Crippen molar-refractivity contribution in [1.29, 1.82) is 0 Å². The lowest BCUT2D eigenvalue weighted by Gasteiger charge is -2.23. The van der Waals surface area contributed by atoms with Crippen LogP contribution in [0.1, 0.15) is 30.8 Å². The van der Waals surface area contributed by atoms with Crippen LogP contribution < -0.4 is 10.6 Å². The number of amides is 1. The summed E-state index contributed by atoms with van der Waals surface area (Å²) in [6.07, 6.45) is 3.86. The van der Waals surface area contributed by atoms with Crippen LogP contribution in [0.5, 0.6) is 0 Å². The van der Waals surface area contributed by atoms with Crippen molar-refractivity contribution in [3.05, 3.63) is 18.1 Å². The smallest absolute Gasteiger partial charge is 0.271 e. The Balaban J connectivity index is 2.00. The first-order valence-electron chi connectivity index (χ1n) is 6.09. The summed E-state index contributed by atoms with van der Waals surface area (Å²) in [7, 11) is 0. The van der Waals surface area contributed by atoms with Gasteiger partial charge in [0.15, 0.2) is 0 Å². The second-order valence-electron chi connectivity index (χ2n) is 4.63. The molecule has 0 saturated carbocycles. The summed E-state index contributed by atoms with van der Waals surface area (Å²) in [5, 5.41) is 5.97. The largest absolute Gasteiger partial charge is 0.379 e. The molecule has 1 fully saturated rings. The van der Waals surface area contributed by atoms with E-state index in [-0.39, 0.29) is 11.4 Å². The fourth-order valence-corrected chi connectivity index (χ4v) is 1.82. The highest BCUT2D eigenvalue weighted by atomic mass is 16.5. The summed E-state index contributed by atoms with van der Waals surface area (Å²) in [5.41, 5.74) is 0.0313. The van der Waals surface area contributed by atoms with E-state index in [2.05, 4.69) is 20.6 Å². The average Bonchev–Trinajstić information content (AvgIpc) is 2.77. The van der Waals surface area contributed by atoms with E-state index in [0.29, 0.717) is 24.7 Å². The third kappa shape index (κ3) is 2.95. The summed E-state index contributed by atoms with van der Waals surface area (Å²) in [4.78, 5) is 20.2. The molecule has 1 aromatic heterocycles. The summed E-state index contributed by atoms with van der Waals surface area (Å²) >= 11 is 0. The summed E-state index contributed by atoms with van der Waals surface area (Å²) in [6, 6.07) is 0. The SMILES string of the molecule is CCNc1cnc(C(=O)NC2(C)CCOC2)cn1. The Bertz CT molecular complexity index is 413. The molecule has 1 unspecified atom stereocenters. The van der Waals surface area contributed by atoms with Crippen LogP contribution in [-0.4, -0.2) is 41.2 Å². The van der Waals surface area contributed by atoms with E-state index in [1.807, 2.05) is 13.8 Å². The minimum absolute atomic E-state index is 0.210. The van der Waals surface area contributed by atoms with Gasteiger partial charge >= 0.3 is 0 Å². The number of hydrogen-bond donors (Lipinski definition) is 2. The van der Waals surface area contributed by atoms with E-state index in [1.54, 1.807) is 6.20 Å². The molecule has 0 radical (unpaired) electrons. The molecule has 0 bridgehead atoms. The van der Waals surface area contributed by atoms with Gasteiger partial charge in [-0.2, -0.15) is 0 Å². The molecule has 6 heteroatoms. The Kier molecular flexibility index (Phi) is 3.76. The molecule has 2 heterocycles. The highest BCUT2D eigenvalue weighted by molar-refractivity contribution is 5.92. The zero-order chi connectivity index (χ0) is 13.0. The predicted molar refractivity (Wildman–Crippen MR) is 67.5 cm³/mol. The van der Waals surface area contributed by atoms with Crippen LogP contribution in [-0.2, 0) is 4.74 Å². The fraction of sp³-hybridized carbons (Fsp3) is 0.583. The molecule has 1 saturated heterocycles. The van der Waals surface area contributed by atoms with Gasteiger partial charge in [0.1, 0.15) is 11.5 Å². The molecule has 6 nitrogen and oxygen atoms in total. The topological polar surface area (TPSA) is 76.1 Å². The molecular weight excluding hydrogens is 232 g/mol. The molecule has 1 atom stereocenters. The van der Waals surface area contributed by atoms with Gasteiger partial charge in [-0.15, -0.1) is 0 Å². The Hall–Kier alpha value is -1.69. The van der Waals surface area contributed by atoms with E-state index in [1.165, 1.54) is 6.20 Å². The summed E-state index contributed by atoms with van der Waals surface area (Å²) in [5.74, 6) is 0.461. The van der Waals surface area contributed by atoms with Gasteiger partial charge in [0.25, 0.3) is 5.91 Å². The van der Waals surface area contributed by atoms with Crippen molar-refractivity contribution < 1.29 is 9.53 Å². The maximum absolute atomic E-state index is 12.0. The number of carbonyl (C=O) groups excluding carboxylic acids is 1. The molecule has 0 spiro atoms. The van der Waals surface area contributed by atoms with Crippen molar-refractivity contribution in [3.8, 4) is 0 Å². The van der Waals surface area contributed by atoms with Crippen molar-refractivity contribution in [1.82, 2.24) is 15.3 Å². The first-order valence-corrected chi connectivity index (χ1v) is 6.09. The van der Waals surface area contributed by atoms with Crippen LogP contribution in [0.4, 0.5) is 5.82 Å². The number of carbonyl (C=O) groups is 1. The molecule has 1 aliphatic rings. The van der Waals surface area contributed by atoms with Crippen LogP contribution in [0.25, 0.3) is 0 Å². The third-order valence-electron chi connectivity index (χ3n) is 2.88. The van der Waals surface area contributed by atoms with E-state index in [0.717, 1.165) is 13.0 Å². The molecule has 0 aliphatic carbocycles. The lowest BCUT2D eigenvalue weighted by atomic mass is 10.0. The molecule has 0 aromatic carbocycles. The van der Waals surface area contributed by atoms with Crippen molar-refractivity contribution in [3.63, 3.8) is 0 Å². The van der Waals surface area contributed by atoms with Gasteiger partial charge in [0.05, 0.1) is 24.5 Å². The summed E-state index contributed by atoms with van der Waals surface area (Å²) in [6.45, 7) is 5.95. The van der Waals surface area contributed by atoms with Gasteiger partial charge in [-0.05, 0) is 20.3 Å². The number of aromatic nitrogens is 2. The van der Waals surface area contributed by atoms with Gasteiger partial charge in [0.2, 0.25) is 0 Å². The van der Waals surface area contributed by atoms with Crippen molar-refractivity contribution >= 4 is 11.7 Å². The van der Waals surface area contributed by atoms with Crippen molar-refractivity contribution in [2.75, 3.05) is 25.1 Å². The van der Waals surface area contributed by atoms with E-state index < -0.39 is 0 Å². The average molecular weight is 250 g/mol. The lowest BCUT2D eigenvalue weighted by Crippen LogP contribution is -2.46. The standard InChI is InChI=1S/C12H18N4O2/c1-3-13-10-7-14-9(6-15-10)11(17)16-12(2)4-5-18-8-12/h6-7H,3-5,8H2,1-2H3,(H,13,15)(H,16,17). The fourth-order valence-electron chi connectivity index (χ4n) is 1.82. The predicted octanol–water partition coefficient (Wildman–Crippen LogP) is 0.817. The maximum Gasteiger partial charge on any atom is 0.271 e. The van der Waals surface area contributed by atoms with E-state index >= 15 is 0 Å². The molecule has 98 valence electrons. The first-order chi connectivity index (χ1) is 8.63. The Morgan fingerprint density at radius 3 is 2.89 bits per heavy atom. The second-order valence-corrected chi connectivity index (χ2v) is 4.63. The molecule has 2 rings (SSSR count). The van der Waals surface area contributed by atoms with Gasteiger partial charge in [-0.3, -0.25) is 4.79 Å². The first kappa shape index (κ1) is 12.8. The zero-order valence-electron chi connectivity index (χ0n) is 10.7. The van der Waals surface area contributed by atoms with Gasteiger partial charge in [-0.25, -0.2) is 9.97 Å². The van der Waals surface area contributed by atoms with Crippen LogP contribution >= 0.6 is 0 Å². The molecule has 1 amide bonds. The van der Waals surface area contributed by atoms with Crippen LogP contribution in [0.15, 0.2) is 12.4 Å². The highest BCUT2D eigenvalue weighted by Gasteiger charge is 2.31. The van der Waals surface area contributed by atoms with E-state index in [4.69, 9.17) is 4.74 Å². The summed E-state index contributed by atoms with van der Waals surface area (Å²) < 4.78 is 5.29. The maximum atomic E-state index is 12.0. The lowest BCUT2D eigenvalue weighted by molar-refractivity contribution is 0.0884.